The van der Waals surface area contributed by atoms with Crippen LogP contribution in [-0.4, -0.2) is 55.8 Å². The number of hydrogen-bond donors (Lipinski definition) is 2. The van der Waals surface area contributed by atoms with Crippen LogP contribution in [0.5, 0.6) is 5.75 Å². The molecule has 1 fully saturated rings. The second-order valence-corrected chi connectivity index (χ2v) is 6.90. The van der Waals surface area contributed by atoms with Crippen LogP contribution in [0.3, 0.4) is 0 Å². The molecule has 156 valence electrons. The van der Waals surface area contributed by atoms with Crippen molar-refractivity contribution in [1.29, 1.82) is 0 Å². The Balaban J connectivity index is 1.66. The lowest BCUT2D eigenvalue weighted by atomic mass is 10.1. The van der Waals surface area contributed by atoms with Crippen molar-refractivity contribution in [3.8, 4) is 5.75 Å². The van der Waals surface area contributed by atoms with Crippen LogP contribution in [0.4, 0.5) is 10.1 Å². The number of benzene rings is 2. The number of nitrogens with zero attached hydrogens (tertiary/aromatic N) is 3. The van der Waals surface area contributed by atoms with Crippen molar-refractivity contribution in [2.24, 2.45) is 4.99 Å². The first-order valence-corrected chi connectivity index (χ1v) is 9.95. The van der Waals surface area contributed by atoms with Gasteiger partial charge in [0, 0.05) is 38.3 Å². The molecule has 0 unspecified atom stereocenters. The van der Waals surface area contributed by atoms with E-state index in [1.165, 1.54) is 6.07 Å². The number of methoxy groups -OCH3 is 1. The molecule has 2 aromatic carbocycles. The second-order valence-electron chi connectivity index (χ2n) is 6.90. The van der Waals surface area contributed by atoms with Gasteiger partial charge in [0.25, 0.3) is 0 Å². The SMILES string of the molecule is CCNC(=NCc1ccc(F)c(CO)c1)N1CCN(c2ccccc2OC)CC1. The van der Waals surface area contributed by atoms with Crippen LogP contribution < -0.4 is 15.0 Å². The normalized spacial score (nSPS) is 14.8. The molecule has 0 atom stereocenters. The maximum Gasteiger partial charge on any atom is 0.194 e. The number of ether oxygens (including phenoxy) is 1. The van der Waals surface area contributed by atoms with Gasteiger partial charge in [-0.2, -0.15) is 0 Å². The van der Waals surface area contributed by atoms with Gasteiger partial charge in [0.15, 0.2) is 5.96 Å². The van der Waals surface area contributed by atoms with E-state index in [0.29, 0.717) is 12.1 Å². The molecule has 0 spiro atoms. The summed E-state index contributed by atoms with van der Waals surface area (Å²) in [4.78, 5) is 9.30. The highest BCUT2D eigenvalue weighted by molar-refractivity contribution is 5.80. The number of nitrogens with one attached hydrogen (secondary N) is 1. The average molecular weight is 400 g/mol. The first-order chi connectivity index (χ1) is 14.2. The van der Waals surface area contributed by atoms with Gasteiger partial charge >= 0.3 is 0 Å². The molecule has 0 bridgehead atoms. The van der Waals surface area contributed by atoms with Gasteiger partial charge in [-0.15, -0.1) is 0 Å². The Morgan fingerprint density at radius 2 is 1.93 bits per heavy atom. The number of piperazine rings is 1. The Labute approximate surface area is 171 Å². The van der Waals surface area contributed by atoms with Crippen LogP contribution in [-0.2, 0) is 13.2 Å². The minimum atomic E-state index is -0.389. The maximum absolute atomic E-state index is 13.6. The number of halogens is 1. The van der Waals surface area contributed by atoms with E-state index in [0.717, 1.165) is 55.7 Å². The molecule has 2 N–H and O–H groups in total. The molecule has 1 aliphatic heterocycles. The number of aliphatic hydroxyl groups is 1. The van der Waals surface area contributed by atoms with Crippen molar-refractivity contribution in [3.63, 3.8) is 0 Å². The fourth-order valence-electron chi connectivity index (χ4n) is 3.49. The molecule has 7 heteroatoms. The molecule has 3 rings (SSSR count). The number of aliphatic imine (C=N–C) groups is 1. The largest absolute Gasteiger partial charge is 0.495 e. The molecule has 1 aliphatic rings. The van der Waals surface area contributed by atoms with Crippen LogP contribution >= 0.6 is 0 Å². The van der Waals surface area contributed by atoms with Gasteiger partial charge in [-0.25, -0.2) is 9.38 Å². The highest BCUT2D eigenvalue weighted by Gasteiger charge is 2.21. The minimum Gasteiger partial charge on any atom is -0.495 e. The van der Waals surface area contributed by atoms with Crippen LogP contribution in [0.2, 0.25) is 0 Å². The summed E-state index contributed by atoms with van der Waals surface area (Å²) in [7, 11) is 1.70. The number of anilines is 1. The molecule has 29 heavy (non-hydrogen) atoms. The predicted molar refractivity (Wildman–Crippen MR) is 114 cm³/mol. The van der Waals surface area contributed by atoms with Gasteiger partial charge in [-0.1, -0.05) is 18.2 Å². The molecule has 1 saturated heterocycles. The standard InChI is InChI=1S/C22H29FN4O2/c1-3-24-22(25-15-17-8-9-19(23)18(14-17)16-28)27-12-10-26(11-13-27)20-6-4-5-7-21(20)29-2/h4-9,14,28H,3,10-13,15-16H2,1-2H3,(H,24,25). The Morgan fingerprint density at radius 1 is 1.17 bits per heavy atom. The third-order valence-corrected chi connectivity index (χ3v) is 5.03. The van der Waals surface area contributed by atoms with E-state index in [9.17, 15) is 9.50 Å². The fraction of sp³-hybridized carbons (Fsp3) is 0.409. The summed E-state index contributed by atoms with van der Waals surface area (Å²) in [5.41, 5.74) is 2.28. The lowest BCUT2D eigenvalue weighted by Gasteiger charge is -2.38. The number of aliphatic hydroxyl groups excluding tert-OH is 1. The van der Waals surface area contributed by atoms with E-state index in [4.69, 9.17) is 9.73 Å². The highest BCUT2D eigenvalue weighted by Crippen LogP contribution is 2.28. The summed E-state index contributed by atoms with van der Waals surface area (Å²) in [6.45, 7) is 6.37. The Hall–Kier alpha value is -2.80. The first-order valence-electron chi connectivity index (χ1n) is 9.95. The molecule has 0 aromatic heterocycles. The molecule has 2 aromatic rings. The molecule has 0 saturated carbocycles. The molecular formula is C22H29FN4O2. The lowest BCUT2D eigenvalue weighted by molar-refractivity contribution is 0.275. The molecule has 6 nitrogen and oxygen atoms in total. The summed E-state index contributed by atoms with van der Waals surface area (Å²) in [5.74, 6) is 1.35. The van der Waals surface area contributed by atoms with E-state index in [2.05, 4.69) is 21.2 Å². The number of hydrogen-bond acceptors (Lipinski definition) is 4. The maximum atomic E-state index is 13.6. The smallest absolute Gasteiger partial charge is 0.194 e. The summed E-state index contributed by atoms with van der Waals surface area (Å²) < 4.78 is 19.1. The molecule has 0 amide bonds. The lowest BCUT2D eigenvalue weighted by Crippen LogP contribution is -2.52. The van der Waals surface area contributed by atoms with E-state index < -0.39 is 0 Å². The Bertz CT molecular complexity index is 835. The zero-order chi connectivity index (χ0) is 20.6. The topological polar surface area (TPSA) is 60.3 Å². The fourth-order valence-corrected chi connectivity index (χ4v) is 3.49. The molecule has 0 aliphatic carbocycles. The molecule has 0 radical (unpaired) electrons. The van der Waals surface area contributed by atoms with Crippen molar-refractivity contribution in [3.05, 3.63) is 59.4 Å². The number of guanidine groups is 1. The van der Waals surface area contributed by atoms with Crippen molar-refractivity contribution in [2.75, 3.05) is 44.7 Å². The number of rotatable bonds is 6. The van der Waals surface area contributed by atoms with Crippen molar-refractivity contribution < 1.29 is 14.2 Å². The van der Waals surface area contributed by atoms with Gasteiger partial charge in [0.1, 0.15) is 11.6 Å². The zero-order valence-corrected chi connectivity index (χ0v) is 17.1. The average Bonchev–Trinajstić information content (AvgIpc) is 2.77. The van der Waals surface area contributed by atoms with Gasteiger partial charge in [-0.05, 0) is 36.8 Å². The third-order valence-electron chi connectivity index (χ3n) is 5.03. The van der Waals surface area contributed by atoms with Gasteiger partial charge in [0.05, 0.1) is 25.9 Å². The van der Waals surface area contributed by atoms with Crippen LogP contribution in [0.1, 0.15) is 18.1 Å². The summed E-state index contributed by atoms with van der Waals surface area (Å²) >= 11 is 0. The summed E-state index contributed by atoms with van der Waals surface area (Å²) in [5, 5.41) is 12.6. The van der Waals surface area contributed by atoms with Crippen LogP contribution in [0.25, 0.3) is 0 Å². The highest BCUT2D eigenvalue weighted by atomic mass is 19.1. The van der Waals surface area contributed by atoms with Crippen molar-refractivity contribution in [1.82, 2.24) is 10.2 Å². The zero-order valence-electron chi connectivity index (χ0n) is 17.1. The Morgan fingerprint density at radius 3 is 2.62 bits per heavy atom. The first kappa shape index (κ1) is 20.9. The monoisotopic (exact) mass is 400 g/mol. The summed E-state index contributed by atoms with van der Waals surface area (Å²) in [6.07, 6.45) is 0. The van der Waals surface area contributed by atoms with E-state index in [-0.39, 0.29) is 12.4 Å². The van der Waals surface area contributed by atoms with Gasteiger partial charge in [-0.3, -0.25) is 0 Å². The summed E-state index contributed by atoms with van der Waals surface area (Å²) in [6, 6.07) is 12.8. The minimum absolute atomic E-state index is 0.299. The predicted octanol–water partition coefficient (Wildman–Crippen LogP) is 2.61. The molecule has 1 heterocycles. The Kier molecular flexibility index (Phi) is 7.30. The van der Waals surface area contributed by atoms with Crippen LogP contribution in [0.15, 0.2) is 47.5 Å². The second kappa shape index (κ2) is 10.1. The van der Waals surface area contributed by atoms with E-state index >= 15 is 0 Å². The van der Waals surface area contributed by atoms with E-state index in [1.54, 1.807) is 19.2 Å². The van der Waals surface area contributed by atoms with Crippen LogP contribution in [0, 0.1) is 5.82 Å². The quantitative estimate of drug-likeness (QED) is 0.577. The van der Waals surface area contributed by atoms with Gasteiger partial charge < -0.3 is 25.0 Å². The number of para-hydroxylation sites is 2. The molecular weight excluding hydrogens is 371 g/mol. The third kappa shape index (κ3) is 5.17. The van der Waals surface area contributed by atoms with E-state index in [1.807, 2.05) is 25.1 Å². The van der Waals surface area contributed by atoms with Crippen molar-refractivity contribution in [2.45, 2.75) is 20.1 Å². The van der Waals surface area contributed by atoms with Crippen molar-refractivity contribution >= 4 is 11.6 Å². The van der Waals surface area contributed by atoms with Gasteiger partial charge in [0.2, 0.25) is 0 Å².